The predicted molar refractivity (Wildman–Crippen MR) is 120 cm³/mol. The number of nitrogens with zero attached hydrogens (tertiary/aromatic N) is 2. The van der Waals surface area contributed by atoms with Gasteiger partial charge in [-0.25, -0.2) is 13.7 Å². The van der Waals surface area contributed by atoms with Crippen LogP contribution in [0.1, 0.15) is 61.8 Å². The van der Waals surface area contributed by atoms with Crippen molar-refractivity contribution in [3.8, 4) is 0 Å². The molecular formula is C23H32FN3O2S. The van der Waals surface area contributed by atoms with Crippen LogP contribution in [0, 0.1) is 5.82 Å². The summed E-state index contributed by atoms with van der Waals surface area (Å²) < 4.78 is 30.9. The zero-order valence-electron chi connectivity index (χ0n) is 18.6. The maximum Gasteiger partial charge on any atom is 0.259 e. The topological polar surface area (TPSA) is 75.8 Å². The normalized spacial score (nSPS) is 13.7. The molecule has 0 aliphatic carbocycles. The Bertz CT molecular complexity index is 992. The maximum absolute atomic E-state index is 14.1. The van der Waals surface area contributed by atoms with Gasteiger partial charge in [-0.1, -0.05) is 39.8 Å². The number of halogens is 1. The number of rotatable bonds is 7. The second kappa shape index (κ2) is 9.81. The van der Waals surface area contributed by atoms with Crippen molar-refractivity contribution in [1.82, 2.24) is 4.90 Å². The van der Waals surface area contributed by atoms with Crippen LogP contribution in [0.5, 0.6) is 0 Å². The average Bonchev–Trinajstić information content (AvgIpc) is 2.61. The first kappa shape index (κ1) is 24.2. The summed E-state index contributed by atoms with van der Waals surface area (Å²) >= 11 is 0. The zero-order chi connectivity index (χ0) is 22.6. The van der Waals surface area contributed by atoms with E-state index in [4.69, 9.17) is 5.14 Å². The van der Waals surface area contributed by atoms with Gasteiger partial charge < -0.3 is 4.90 Å². The molecule has 164 valence electrons. The van der Waals surface area contributed by atoms with Gasteiger partial charge in [0.05, 0.1) is 11.3 Å². The van der Waals surface area contributed by atoms with Crippen LogP contribution in [-0.4, -0.2) is 29.1 Å². The molecule has 0 radical (unpaired) electrons. The molecule has 0 fully saturated rings. The molecule has 2 aromatic carbocycles. The van der Waals surface area contributed by atoms with Crippen LogP contribution in [0.25, 0.3) is 0 Å². The number of hydrogen-bond acceptors (Lipinski definition) is 3. The zero-order valence-corrected chi connectivity index (χ0v) is 19.4. The Morgan fingerprint density at radius 3 is 2.00 bits per heavy atom. The molecular weight excluding hydrogens is 401 g/mol. The van der Waals surface area contributed by atoms with Crippen molar-refractivity contribution >= 4 is 15.8 Å². The highest BCUT2D eigenvalue weighted by molar-refractivity contribution is 7.91. The standard InChI is InChI=1S/C23H32FN3O2S/c1-15(2)20-11-18(24)12-21(16(3)4)22(20)13-23(28)26-30(25,29)19-9-7-17(8-10-19)14-27(5)6/h7-12,15-16H,13-14H2,1-6H3,(H2,25,26,28,29). The van der Waals surface area contributed by atoms with Crippen LogP contribution in [0.4, 0.5) is 4.39 Å². The van der Waals surface area contributed by atoms with Crippen LogP contribution in [0.3, 0.4) is 0 Å². The molecule has 0 aliphatic heterocycles. The number of benzene rings is 2. The first-order valence-corrected chi connectivity index (χ1v) is 11.6. The van der Waals surface area contributed by atoms with Gasteiger partial charge in [0.25, 0.3) is 5.91 Å². The lowest BCUT2D eigenvalue weighted by molar-refractivity contribution is -0.117. The molecule has 0 saturated carbocycles. The molecule has 1 amide bonds. The van der Waals surface area contributed by atoms with Crippen LogP contribution in [0.2, 0.25) is 0 Å². The van der Waals surface area contributed by atoms with Gasteiger partial charge in [0.1, 0.15) is 15.7 Å². The van der Waals surface area contributed by atoms with Gasteiger partial charge in [-0.3, -0.25) is 4.79 Å². The smallest absolute Gasteiger partial charge is 0.259 e. The maximum atomic E-state index is 14.1. The molecule has 0 heterocycles. The SMILES string of the molecule is CC(C)c1cc(F)cc(C(C)C)c1CC(=O)N=S(N)(=O)c1ccc(CN(C)C)cc1. The van der Waals surface area contributed by atoms with Crippen LogP contribution in [0.15, 0.2) is 45.7 Å². The molecule has 1 unspecified atom stereocenters. The first-order chi connectivity index (χ1) is 13.9. The van der Waals surface area contributed by atoms with E-state index in [1.54, 1.807) is 12.1 Å². The highest BCUT2D eigenvalue weighted by Gasteiger charge is 2.19. The Kier molecular flexibility index (Phi) is 7.91. The number of carbonyl (C=O) groups is 1. The second-order valence-corrected chi connectivity index (χ2v) is 10.3. The number of hydrogen-bond donors (Lipinski definition) is 1. The molecule has 2 aromatic rings. The minimum Gasteiger partial charge on any atom is -0.305 e. The second-order valence-electron chi connectivity index (χ2n) is 8.48. The third kappa shape index (κ3) is 6.20. The van der Waals surface area contributed by atoms with E-state index in [-0.39, 0.29) is 24.1 Å². The van der Waals surface area contributed by atoms with Crippen molar-refractivity contribution in [3.63, 3.8) is 0 Å². The highest BCUT2D eigenvalue weighted by atomic mass is 32.2. The number of amides is 1. The molecule has 5 nitrogen and oxygen atoms in total. The van der Waals surface area contributed by atoms with E-state index in [9.17, 15) is 13.4 Å². The van der Waals surface area contributed by atoms with E-state index in [0.29, 0.717) is 4.90 Å². The van der Waals surface area contributed by atoms with Gasteiger partial charge in [0.2, 0.25) is 0 Å². The van der Waals surface area contributed by atoms with E-state index in [0.717, 1.165) is 28.8 Å². The molecule has 2 N–H and O–H groups in total. The molecule has 2 rings (SSSR count). The van der Waals surface area contributed by atoms with Crippen LogP contribution >= 0.6 is 0 Å². The van der Waals surface area contributed by atoms with Crippen LogP contribution < -0.4 is 5.14 Å². The van der Waals surface area contributed by atoms with Gasteiger partial charge in [-0.15, -0.1) is 4.36 Å². The summed E-state index contributed by atoms with van der Waals surface area (Å²) in [4.78, 5) is 15.1. The lowest BCUT2D eigenvalue weighted by Crippen LogP contribution is -2.17. The molecule has 30 heavy (non-hydrogen) atoms. The summed E-state index contributed by atoms with van der Waals surface area (Å²) in [6, 6.07) is 9.87. The van der Waals surface area contributed by atoms with Gasteiger partial charge >= 0.3 is 0 Å². The van der Waals surface area contributed by atoms with E-state index in [2.05, 4.69) is 4.36 Å². The fraction of sp³-hybridized carbons (Fsp3) is 0.435. The van der Waals surface area contributed by atoms with E-state index in [1.807, 2.05) is 58.8 Å². The summed E-state index contributed by atoms with van der Waals surface area (Å²) in [6.45, 7) is 8.54. The largest absolute Gasteiger partial charge is 0.305 e. The Hall–Kier alpha value is -2.09. The molecule has 7 heteroatoms. The molecule has 1 atom stereocenters. The number of nitrogens with two attached hydrogens (primary N) is 1. The highest BCUT2D eigenvalue weighted by Crippen LogP contribution is 2.30. The van der Waals surface area contributed by atoms with Crippen molar-refractivity contribution in [3.05, 3.63) is 64.5 Å². The lowest BCUT2D eigenvalue weighted by Gasteiger charge is -2.19. The monoisotopic (exact) mass is 433 g/mol. The van der Waals surface area contributed by atoms with Crippen molar-refractivity contribution in [2.75, 3.05) is 14.1 Å². The molecule has 0 aromatic heterocycles. The van der Waals surface area contributed by atoms with Gasteiger partial charge in [0, 0.05) is 6.54 Å². The summed E-state index contributed by atoms with van der Waals surface area (Å²) in [5.41, 5.74) is 3.31. The molecule has 0 spiro atoms. The van der Waals surface area contributed by atoms with Crippen molar-refractivity contribution in [1.29, 1.82) is 0 Å². The van der Waals surface area contributed by atoms with E-state index < -0.39 is 15.8 Å². The van der Waals surface area contributed by atoms with Gasteiger partial charge in [-0.05, 0) is 72.5 Å². The Morgan fingerprint density at radius 2 is 1.57 bits per heavy atom. The fourth-order valence-corrected chi connectivity index (χ4v) is 4.46. The predicted octanol–water partition coefficient (Wildman–Crippen LogP) is 4.60. The third-order valence-corrected chi connectivity index (χ3v) is 6.28. The van der Waals surface area contributed by atoms with Gasteiger partial charge in [-0.2, -0.15) is 0 Å². The van der Waals surface area contributed by atoms with E-state index >= 15 is 0 Å². The van der Waals surface area contributed by atoms with E-state index in [1.165, 1.54) is 12.1 Å². The third-order valence-electron chi connectivity index (χ3n) is 4.85. The van der Waals surface area contributed by atoms with Crippen LogP contribution in [-0.2, 0) is 27.7 Å². The summed E-state index contributed by atoms with van der Waals surface area (Å²) in [5, 5.41) is 5.93. The summed E-state index contributed by atoms with van der Waals surface area (Å²) in [5.74, 6) is -0.828. The summed E-state index contributed by atoms with van der Waals surface area (Å²) in [6.07, 6.45) is -0.0613. The van der Waals surface area contributed by atoms with Gasteiger partial charge in [0.15, 0.2) is 0 Å². The van der Waals surface area contributed by atoms with Crippen molar-refractivity contribution in [2.24, 2.45) is 9.50 Å². The minimum atomic E-state index is -3.36. The van der Waals surface area contributed by atoms with Crippen molar-refractivity contribution < 1.29 is 13.4 Å². The molecule has 0 saturated heterocycles. The minimum absolute atomic E-state index is 0.0347. The quantitative estimate of drug-likeness (QED) is 0.693. The lowest BCUT2D eigenvalue weighted by atomic mass is 9.87. The van der Waals surface area contributed by atoms with Crippen molar-refractivity contribution in [2.45, 2.75) is 57.4 Å². The molecule has 0 bridgehead atoms. The Balaban J connectivity index is 2.38. The average molecular weight is 434 g/mol. The number of carbonyl (C=O) groups excluding carboxylic acids is 1. The Labute approximate surface area is 179 Å². The Morgan fingerprint density at radius 1 is 1.07 bits per heavy atom. The fourth-order valence-electron chi connectivity index (χ4n) is 3.46. The molecule has 0 aliphatic rings. The first-order valence-electron chi connectivity index (χ1n) is 10.0. The summed E-state index contributed by atoms with van der Waals surface area (Å²) in [7, 11) is 0.556.